The van der Waals surface area contributed by atoms with Crippen LogP contribution in [-0.2, 0) is 39.8 Å². The molecule has 3 aliphatic rings. The van der Waals surface area contributed by atoms with Crippen molar-refractivity contribution < 1.29 is 33.8 Å². The highest BCUT2D eigenvalue weighted by Crippen LogP contribution is 2.42. The number of hydrogen-bond acceptors (Lipinski definition) is 13. The molecule has 7 aromatic rings. The molecular formula is C58H64N10O7S. The zero-order chi connectivity index (χ0) is 53.6. The van der Waals surface area contributed by atoms with Gasteiger partial charge in [0.1, 0.15) is 11.6 Å². The summed E-state index contributed by atoms with van der Waals surface area (Å²) in [4.78, 5) is 81.1. The van der Waals surface area contributed by atoms with Crippen LogP contribution in [0.2, 0.25) is 0 Å². The maximum atomic E-state index is 13.8. The number of aromatic nitrogens is 4. The Morgan fingerprint density at radius 1 is 0.921 bits per heavy atom. The largest absolute Gasteiger partial charge is 0.493 e. The average molecular weight is 1050 g/mol. The summed E-state index contributed by atoms with van der Waals surface area (Å²) in [5.41, 5.74) is 7.84. The van der Waals surface area contributed by atoms with Crippen LogP contribution in [0.1, 0.15) is 109 Å². The third kappa shape index (κ3) is 10.7. The molecule has 0 saturated carbocycles. The smallest absolute Gasteiger partial charge is 0.355 e. The second kappa shape index (κ2) is 21.2. The van der Waals surface area contributed by atoms with Crippen LogP contribution in [0, 0.1) is 6.92 Å². The molecule has 3 aromatic heterocycles. The van der Waals surface area contributed by atoms with Crippen LogP contribution in [-0.4, -0.2) is 116 Å². The van der Waals surface area contributed by atoms with Gasteiger partial charge >= 0.3 is 5.97 Å². The van der Waals surface area contributed by atoms with Gasteiger partial charge in [0.15, 0.2) is 10.8 Å². The Morgan fingerprint density at radius 2 is 1.70 bits per heavy atom. The van der Waals surface area contributed by atoms with Gasteiger partial charge in [0.25, 0.3) is 5.91 Å². The van der Waals surface area contributed by atoms with Crippen molar-refractivity contribution in [1.82, 2.24) is 34.9 Å². The van der Waals surface area contributed by atoms with E-state index >= 15 is 0 Å². The number of thiazole rings is 1. The Labute approximate surface area is 445 Å². The van der Waals surface area contributed by atoms with Gasteiger partial charge < -0.3 is 20.1 Å². The number of amides is 4. The summed E-state index contributed by atoms with van der Waals surface area (Å²) in [6, 6.07) is 27.3. The second-order valence-electron chi connectivity index (χ2n) is 21.4. The lowest BCUT2D eigenvalue weighted by Crippen LogP contribution is -2.58. The maximum absolute atomic E-state index is 13.8. The van der Waals surface area contributed by atoms with E-state index in [-0.39, 0.29) is 54.4 Å². The van der Waals surface area contributed by atoms with Crippen LogP contribution in [0.4, 0.5) is 16.6 Å². The average Bonchev–Trinajstić information content (AvgIpc) is 3.96. The van der Waals surface area contributed by atoms with Crippen molar-refractivity contribution in [2.75, 3.05) is 54.9 Å². The molecule has 2 saturated heterocycles. The molecule has 4 aromatic carbocycles. The van der Waals surface area contributed by atoms with Crippen LogP contribution < -0.4 is 25.6 Å². The number of imide groups is 1. The minimum Gasteiger partial charge on any atom is -0.493 e. The van der Waals surface area contributed by atoms with E-state index in [9.17, 15) is 29.1 Å². The highest BCUT2D eigenvalue weighted by molar-refractivity contribution is 7.22. The van der Waals surface area contributed by atoms with Gasteiger partial charge in [0.2, 0.25) is 17.7 Å². The summed E-state index contributed by atoms with van der Waals surface area (Å²) in [5, 5.41) is 25.4. The zero-order valence-electron chi connectivity index (χ0n) is 44.0. The van der Waals surface area contributed by atoms with Gasteiger partial charge in [-0.15, -0.1) is 0 Å². The Hall–Kier alpha value is -7.54. The number of carboxylic acid groups (broad SMARTS) is 1. The number of aromatic carboxylic acids is 1. The van der Waals surface area contributed by atoms with Crippen molar-refractivity contribution in [2.24, 2.45) is 7.05 Å². The number of rotatable bonds is 14. The lowest BCUT2D eigenvalue weighted by molar-refractivity contribution is -0.134. The Morgan fingerprint density at radius 3 is 2.45 bits per heavy atom. The molecule has 4 N–H and O–H groups in total. The van der Waals surface area contributed by atoms with Gasteiger partial charge in [-0.25, -0.2) is 14.8 Å². The number of hydrogen-bond donors (Lipinski definition) is 4. The number of para-hydroxylation sites is 1. The number of ether oxygens (including phenoxy) is 1. The normalized spacial score (nSPS) is 18.4. The first kappa shape index (κ1) is 51.9. The van der Waals surface area contributed by atoms with Crippen LogP contribution in [0.3, 0.4) is 0 Å². The molecular weight excluding hydrogens is 981 g/mol. The molecule has 0 bridgehead atoms. The first-order chi connectivity index (χ1) is 36.4. The summed E-state index contributed by atoms with van der Waals surface area (Å²) in [5.74, 6) is -1.38. The molecule has 4 amide bonds. The number of benzene rings is 4. The first-order valence-corrected chi connectivity index (χ1v) is 26.8. The quantitative estimate of drug-likeness (QED) is 0.0596. The van der Waals surface area contributed by atoms with Gasteiger partial charge in [0.05, 0.1) is 40.5 Å². The molecule has 3 aliphatic heterocycles. The SMILES string of the molecule is Cc1c(OCCCN2[C@H](C)CN(CC(=O)Nc3ccc4c(C5CCC(=O)NC5=O)nn(C)c4c3)C[C@@H]2C)cccc1-c1c(C(C)(C)C)cc(N2CCc3cccc(C(=O)Nc4nc5ccccc5s4)c3C2)nc1C(=O)O. The van der Waals surface area contributed by atoms with Crippen molar-refractivity contribution in [2.45, 2.75) is 97.2 Å². The molecule has 3 atom stereocenters. The van der Waals surface area contributed by atoms with Gasteiger partial charge in [-0.05, 0) is 122 Å². The molecule has 17 nitrogen and oxygen atoms in total. The van der Waals surface area contributed by atoms with E-state index in [1.54, 1.807) is 11.7 Å². The van der Waals surface area contributed by atoms with E-state index in [0.29, 0.717) is 71.7 Å². The molecule has 76 heavy (non-hydrogen) atoms. The molecule has 394 valence electrons. The van der Waals surface area contributed by atoms with Crippen LogP contribution in [0.15, 0.2) is 84.9 Å². The van der Waals surface area contributed by atoms with Crippen molar-refractivity contribution in [3.8, 4) is 16.9 Å². The molecule has 18 heteroatoms. The minimum atomic E-state index is -1.13. The molecule has 0 spiro atoms. The predicted molar refractivity (Wildman–Crippen MR) is 295 cm³/mol. The van der Waals surface area contributed by atoms with Gasteiger partial charge in [0, 0.05) is 80.5 Å². The van der Waals surface area contributed by atoms with Gasteiger partial charge in [-0.1, -0.05) is 68.5 Å². The van der Waals surface area contributed by atoms with Crippen molar-refractivity contribution in [3.63, 3.8) is 0 Å². The first-order valence-electron chi connectivity index (χ1n) is 26.0. The molecule has 6 heterocycles. The number of pyridine rings is 1. The number of nitrogens with zero attached hydrogens (tertiary/aromatic N) is 7. The highest BCUT2D eigenvalue weighted by atomic mass is 32.1. The van der Waals surface area contributed by atoms with E-state index in [0.717, 1.165) is 75.0 Å². The Kier molecular flexibility index (Phi) is 14.5. The fourth-order valence-corrected chi connectivity index (χ4v) is 12.1. The third-order valence-electron chi connectivity index (χ3n) is 15.0. The Bertz CT molecular complexity index is 3390. The number of carbonyl (C=O) groups is 5. The maximum Gasteiger partial charge on any atom is 0.355 e. The zero-order valence-corrected chi connectivity index (χ0v) is 44.8. The fourth-order valence-electron chi connectivity index (χ4n) is 11.3. The molecule has 10 rings (SSSR count). The van der Waals surface area contributed by atoms with E-state index in [1.807, 2.05) is 91.9 Å². The highest BCUT2D eigenvalue weighted by Gasteiger charge is 2.34. The summed E-state index contributed by atoms with van der Waals surface area (Å²) in [6.45, 7) is 16.5. The van der Waals surface area contributed by atoms with Gasteiger partial charge in [-0.2, -0.15) is 5.10 Å². The summed E-state index contributed by atoms with van der Waals surface area (Å²) in [6.07, 6.45) is 2.10. The fraction of sp³-hybridized carbons (Fsp3) is 0.379. The molecule has 0 aliphatic carbocycles. The number of aryl methyl sites for hydroxylation is 1. The third-order valence-corrected chi connectivity index (χ3v) is 16.0. The van der Waals surface area contributed by atoms with Crippen molar-refractivity contribution >= 4 is 78.7 Å². The van der Waals surface area contributed by atoms with Crippen molar-refractivity contribution in [1.29, 1.82) is 0 Å². The second-order valence-corrected chi connectivity index (χ2v) is 22.4. The van der Waals surface area contributed by atoms with E-state index < -0.39 is 17.3 Å². The van der Waals surface area contributed by atoms with Crippen LogP contribution in [0.25, 0.3) is 32.2 Å². The molecule has 2 fully saturated rings. The number of nitrogens with one attached hydrogen (secondary N) is 3. The van der Waals surface area contributed by atoms with E-state index in [1.165, 1.54) is 11.3 Å². The monoisotopic (exact) mass is 1040 g/mol. The van der Waals surface area contributed by atoms with Crippen LogP contribution >= 0.6 is 11.3 Å². The minimum absolute atomic E-state index is 0.0387. The van der Waals surface area contributed by atoms with E-state index in [4.69, 9.17) is 9.72 Å². The van der Waals surface area contributed by atoms with Gasteiger partial charge in [-0.3, -0.25) is 44.3 Å². The topological polar surface area (TPSA) is 204 Å². The number of anilines is 3. The number of fused-ring (bicyclic) bond motifs is 3. The summed E-state index contributed by atoms with van der Waals surface area (Å²) >= 11 is 1.43. The summed E-state index contributed by atoms with van der Waals surface area (Å²) in [7, 11) is 1.80. The lowest BCUT2D eigenvalue weighted by atomic mass is 9.80. The predicted octanol–water partition coefficient (Wildman–Crippen LogP) is 8.69. The van der Waals surface area contributed by atoms with E-state index in [2.05, 4.69) is 75.4 Å². The van der Waals surface area contributed by atoms with Crippen LogP contribution in [0.5, 0.6) is 5.75 Å². The number of piperazine rings is 1. The Balaban J connectivity index is 0.772. The summed E-state index contributed by atoms with van der Waals surface area (Å²) < 4.78 is 9.18. The van der Waals surface area contributed by atoms with Crippen molar-refractivity contribution in [3.05, 3.63) is 124 Å². The lowest BCUT2D eigenvalue weighted by Gasteiger charge is -2.44. The number of carbonyl (C=O) groups excluding carboxylic acids is 4. The standard InChI is InChI=1S/C58H64N10O7S/c1-33-29-66(32-50(70)59-37-19-20-40-45(27-37)65(7)64-52(40)41-21-22-49(69)62-55(41)72)30-34(2)68(33)24-12-26-75-46-17-11-14-38(35(46)3)51-43(58(4,5)6)28-48(61-53(51)56(73)74)67-25-23-36-13-10-15-39(42(36)31-67)54(71)63-57-60-44-16-8-9-18-47(44)76-57/h8-11,13-20,27-28,33-34,41H,12,21-26,29-32H2,1-7H3,(H,59,70)(H,73,74)(H,60,63,71)(H,62,69,72)/t33-,34+,41?. The molecule has 1 unspecified atom stereocenters. The molecule has 0 radical (unpaired) electrons. The number of carboxylic acids is 1. The number of piperidine rings is 1.